The third-order valence-electron chi connectivity index (χ3n) is 2.36. The minimum atomic E-state index is -0.569. The fraction of sp³-hybridized carbons (Fsp3) is 1.00. The van der Waals surface area contributed by atoms with Gasteiger partial charge in [-0.1, -0.05) is 19.3 Å². The van der Waals surface area contributed by atoms with Gasteiger partial charge in [-0.2, -0.15) is 0 Å². The van der Waals surface area contributed by atoms with E-state index in [4.69, 9.17) is 0 Å². The maximum absolute atomic E-state index is 10.3. The molecular formula is C8H15O2. The molecule has 0 aromatic carbocycles. The second kappa shape index (κ2) is 3.94. The van der Waals surface area contributed by atoms with E-state index in [2.05, 4.69) is 0 Å². The van der Waals surface area contributed by atoms with Crippen molar-refractivity contribution in [1.29, 1.82) is 0 Å². The average Bonchev–Trinajstić information content (AvgIpc) is 2.05. The van der Waals surface area contributed by atoms with Crippen LogP contribution in [0.3, 0.4) is 0 Å². The molecule has 1 N–H and O–H groups in total. The SMILES string of the molecule is [O]CC(O)C1CCCCC1. The number of aliphatic hydroxyl groups is 1. The molecule has 0 spiro atoms. The van der Waals surface area contributed by atoms with Gasteiger partial charge in [-0.15, -0.1) is 0 Å². The van der Waals surface area contributed by atoms with Gasteiger partial charge in [-0.25, -0.2) is 5.11 Å². The molecule has 1 radical (unpaired) electrons. The lowest BCUT2D eigenvalue weighted by molar-refractivity contribution is 0.00553. The molecule has 2 nitrogen and oxygen atoms in total. The molecular weight excluding hydrogens is 128 g/mol. The van der Waals surface area contributed by atoms with Crippen LogP contribution in [0.1, 0.15) is 32.1 Å². The fourth-order valence-corrected chi connectivity index (χ4v) is 1.66. The first kappa shape index (κ1) is 8.02. The lowest BCUT2D eigenvalue weighted by Gasteiger charge is -2.24. The summed E-state index contributed by atoms with van der Waals surface area (Å²) >= 11 is 0. The molecule has 2 heteroatoms. The van der Waals surface area contributed by atoms with Crippen molar-refractivity contribution in [2.75, 3.05) is 6.61 Å². The van der Waals surface area contributed by atoms with Gasteiger partial charge in [0.1, 0.15) is 6.61 Å². The standard InChI is InChI=1S/C8H15O2/c9-6-8(10)7-4-2-1-3-5-7/h7-8,10H,1-6H2. The predicted octanol–water partition coefficient (Wildman–Crippen LogP) is 1.36. The van der Waals surface area contributed by atoms with E-state index in [0.717, 1.165) is 12.8 Å². The Labute approximate surface area is 61.9 Å². The molecule has 0 bridgehead atoms. The van der Waals surface area contributed by atoms with Crippen LogP contribution >= 0.6 is 0 Å². The summed E-state index contributed by atoms with van der Waals surface area (Å²) in [4.78, 5) is 0. The molecule has 1 unspecified atom stereocenters. The highest BCUT2D eigenvalue weighted by Crippen LogP contribution is 2.25. The molecule has 0 amide bonds. The first-order chi connectivity index (χ1) is 4.84. The molecule has 0 aromatic rings. The zero-order valence-corrected chi connectivity index (χ0v) is 6.25. The lowest BCUT2D eigenvalue weighted by atomic mass is 9.85. The second-order valence-corrected chi connectivity index (χ2v) is 3.13. The third-order valence-corrected chi connectivity index (χ3v) is 2.36. The van der Waals surface area contributed by atoms with Crippen molar-refractivity contribution in [3.8, 4) is 0 Å². The zero-order valence-electron chi connectivity index (χ0n) is 6.25. The van der Waals surface area contributed by atoms with Crippen molar-refractivity contribution in [2.45, 2.75) is 38.2 Å². The van der Waals surface area contributed by atoms with Crippen LogP contribution in [0.5, 0.6) is 0 Å². The Balaban J connectivity index is 2.24. The fourth-order valence-electron chi connectivity index (χ4n) is 1.66. The summed E-state index contributed by atoms with van der Waals surface area (Å²) in [6, 6.07) is 0. The van der Waals surface area contributed by atoms with Crippen molar-refractivity contribution in [3.63, 3.8) is 0 Å². The summed E-state index contributed by atoms with van der Waals surface area (Å²) in [5, 5.41) is 19.4. The Hall–Kier alpha value is -0.0800. The molecule has 0 saturated heterocycles. The van der Waals surface area contributed by atoms with E-state index >= 15 is 0 Å². The average molecular weight is 143 g/mol. The summed E-state index contributed by atoms with van der Waals surface area (Å²) in [5.41, 5.74) is 0. The first-order valence-electron chi connectivity index (χ1n) is 4.10. The molecule has 0 heterocycles. The Morgan fingerprint density at radius 3 is 2.40 bits per heavy atom. The van der Waals surface area contributed by atoms with Crippen molar-refractivity contribution < 1.29 is 10.2 Å². The third kappa shape index (κ3) is 1.96. The van der Waals surface area contributed by atoms with Crippen molar-refractivity contribution in [2.24, 2.45) is 5.92 Å². The monoisotopic (exact) mass is 143 g/mol. The highest BCUT2D eigenvalue weighted by atomic mass is 16.3. The molecule has 59 valence electrons. The summed E-state index contributed by atoms with van der Waals surface area (Å²) in [7, 11) is 0. The van der Waals surface area contributed by atoms with Gasteiger partial charge in [-0.3, -0.25) is 0 Å². The van der Waals surface area contributed by atoms with Gasteiger partial charge in [0, 0.05) is 0 Å². The molecule has 0 aliphatic heterocycles. The number of hydrogen-bond acceptors (Lipinski definition) is 1. The van der Waals surface area contributed by atoms with Crippen molar-refractivity contribution in [3.05, 3.63) is 0 Å². The molecule has 1 rings (SSSR count). The Kier molecular flexibility index (Phi) is 3.16. The van der Waals surface area contributed by atoms with Gasteiger partial charge in [0.05, 0.1) is 6.10 Å². The van der Waals surface area contributed by atoms with Crippen LogP contribution in [0, 0.1) is 5.92 Å². The summed E-state index contributed by atoms with van der Waals surface area (Å²) in [6.07, 6.45) is 5.22. The maximum atomic E-state index is 10.3. The smallest absolute Gasteiger partial charge is 0.108 e. The highest BCUT2D eigenvalue weighted by Gasteiger charge is 2.20. The van der Waals surface area contributed by atoms with Crippen LogP contribution in [0.4, 0.5) is 0 Å². The summed E-state index contributed by atoms with van der Waals surface area (Å²) < 4.78 is 0. The second-order valence-electron chi connectivity index (χ2n) is 3.13. The normalized spacial score (nSPS) is 24.6. The summed E-state index contributed by atoms with van der Waals surface area (Å²) in [6.45, 7) is -0.315. The number of rotatable bonds is 2. The van der Waals surface area contributed by atoms with Gasteiger partial charge in [0.25, 0.3) is 0 Å². The molecule has 1 aliphatic carbocycles. The first-order valence-corrected chi connectivity index (χ1v) is 4.10. The minimum absolute atomic E-state index is 0.311. The zero-order chi connectivity index (χ0) is 7.40. The minimum Gasteiger partial charge on any atom is -0.390 e. The van der Waals surface area contributed by atoms with Gasteiger partial charge < -0.3 is 5.11 Å². The van der Waals surface area contributed by atoms with E-state index in [1.54, 1.807) is 0 Å². The molecule has 1 saturated carbocycles. The topological polar surface area (TPSA) is 40.1 Å². The Morgan fingerprint density at radius 2 is 1.90 bits per heavy atom. The Morgan fingerprint density at radius 1 is 1.30 bits per heavy atom. The van der Waals surface area contributed by atoms with E-state index in [-0.39, 0.29) is 6.61 Å². The van der Waals surface area contributed by atoms with Gasteiger partial charge in [0.15, 0.2) is 0 Å². The Bertz CT molecular complexity index is 87.3. The molecule has 1 aliphatic rings. The molecule has 10 heavy (non-hydrogen) atoms. The van der Waals surface area contributed by atoms with Gasteiger partial charge in [0.2, 0.25) is 0 Å². The van der Waals surface area contributed by atoms with Crippen LogP contribution in [0.2, 0.25) is 0 Å². The molecule has 1 atom stereocenters. The van der Waals surface area contributed by atoms with Gasteiger partial charge >= 0.3 is 0 Å². The van der Waals surface area contributed by atoms with Crippen molar-refractivity contribution in [1.82, 2.24) is 0 Å². The largest absolute Gasteiger partial charge is 0.390 e. The van der Waals surface area contributed by atoms with E-state index in [1.807, 2.05) is 0 Å². The van der Waals surface area contributed by atoms with Crippen LogP contribution in [0.15, 0.2) is 0 Å². The van der Waals surface area contributed by atoms with Crippen LogP contribution in [0.25, 0.3) is 0 Å². The van der Waals surface area contributed by atoms with Crippen LogP contribution in [-0.4, -0.2) is 17.8 Å². The maximum Gasteiger partial charge on any atom is 0.108 e. The predicted molar refractivity (Wildman–Crippen MR) is 38.1 cm³/mol. The highest BCUT2D eigenvalue weighted by molar-refractivity contribution is 4.71. The van der Waals surface area contributed by atoms with Crippen LogP contribution < -0.4 is 0 Å². The van der Waals surface area contributed by atoms with Gasteiger partial charge in [-0.05, 0) is 18.8 Å². The van der Waals surface area contributed by atoms with Crippen LogP contribution in [-0.2, 0) is 5.11 Å². The van der Waals surface area contributed by atoms with E-state index in [1.165, 1.54) is 19.3 Å². The van der Waals surface area contributed by atoms with E-state index in [9.17, 15) is 10.2 Å². The lowest BCUT2D eigenvalue weighted by Crippen LogP contribution is -2.25. The van der Waals surface area contributed by atoms with Crippen molar-refractivity contribution >= 4 is 0 Å². The van der Waals surface area contributed by atoms with E-state index in [0.29, 0.717) is 5.92 Å². The molecule has 0 aromatic heterocycles. The summed E-state index contributed by atoms with van der Waals surface area (Å²) in [5.74, 6) is 0.311. The molecule has 1 fully saturated rings. The quantitative estimate of drug-likeness (QED) is 0.623. The van der Waals surface area contributed by atoms with E-state index < -0.39 is 6.10 Å². The number of aliphatic hydroxyl groups excluding tert-OH is 1. The number of hydrogen-bond donors (Lipinski definition) is 1.